The number of hydrogen-bond donors (Lipinski definition) is 1. The predicted octanol–water partition coefficient (Wildman–Crippen LogP) is 2.10. The number of hydrazone groups is 1. The average molecular weight is 309 g/mol. The van der Waals surface area contributed by atoms with Gasteiger partial charge in [0.1, 0.15) is 11.5 Å². The fraction of sp³-hybridized carbons (Fsp3) is 0.118. The maximum absolute atomic E-state index is 11.7. The lowest BCUT2D eigenvalue weighted by molar-refractivity contribution is -0.123. The summed E-state index contributed by atoms with van der Waals surface area (Å²) < 4.78 is 10.5. The maximum Gasteiger partial charge on any atom is 0.277 e. The van der Waals surface area contributed by atoms with Crippen LogP contribution in [0.1, 0.15) is 11.1 Å². The van der Waals surface area contributed by atoms with Crippen molar-refractivity contribution in [3.63, 3.8) is 0 Å². The van der Waals surface area contributed by atoms with E-state index >= 15 is 0 Å². The van der Waals surface area contributed by atoms with Crippen LogP contribution < -0.4 is 14.9 Å². The number of para-hydroxylation sites is 1. The molecule has 1 amide bonds. The van der Waals surface area contributed by atoms with E-state index in [4.69, 9.17) is 14.7 Å². The van der Waals surface area contributed by atoms with Crippen molar-refractivity contribution in [2.24, 2.45) is 5.10 Å². The van der Waals surface area contributed by atoms with E-state index in [0.29, 0.717) is 17.1 Å². The molecule has 2 aromatic carbocycles. The van der Waals surface area contributed by atoms with Gasteiger partial charge in [0.15, 0.2) is 6.61 Å². The van der Waals surface area contributed by atoms with Gasteiger partial charge in [-0.2, -0.15) is 10.4 Å². The molecule has 2 rings (SSSR count). The molecule has 0 fully saturated rings. The van der Waals surface area contributed by atoms with E-state index in [1.165, 1.54) is 6.21 Å². The van der Waals surface area contributed by atoms with Crippen LogP contribution >= 0.6 is 0 Å². The number of rotatable bonds is 6. The minimum Gasteiger partial charge on any atom is -0.496 e. The molecule has 0 heterocycles. The summed E-state index contributed by atoms with van der Waals surface area (Å²) in [6, 6.07) is 15.8. The number of carbonyl (C=O) groups excluding carboxylic acids is 1. The quantitative estimate of drug-likeness (QED) is 0.654. The predicted molar refractivity (Wildman–Crippen MR) is 85.4 cm³/mol. The van der Waals surface area contributed by atoms with Gasteiger partial charge >= 0.3 is 0 Å². The zero-order valence-corrected chi connectivity index (χ0v) is 12.5. The lowest BCUT2D eigenvalue weighted by Crippen LogP contribution is -2.24. The van der Waals surface area contributed by atoms with Gasteiger partial charge in [0, 0.05) is 5.56 Å². The van der Waals surface area contributed by atoms with Crippen molar-refractivity contribution in [3.8, 4) is 17.6 Å². The van der Waals surface area contributed by atoms with Crippen molar-refractivity contribution in [1.29, 1.82) is 5.26 Å². The number of methoxy groups -OCH3 is 1. The Hall–Kier alpha value is -3.33. The molecule has 0 atom stereocenters. The van der Waals surface area contributed by atoms with Crippen LogP contribution in [0.5, 0.6) is 11.5 Å². The van der Waals surface area contributed by atoms with Crippen LogP contribution in [0, 0.1) is 11.3 Å². The molecule has 0 aliphatic carbocycles. The normalized spacial score (nSPS) is 10.1. The van der Waals surface area contributed by atoms with Crippen molar-refractivity contribution in [3.05, 3.63) is 59.7 Å². The van der Waals surface area contributed by atoms with Gasteiger partial charge in [0.2, 0.25) is 0 Å². The Morgan fingerprint density at radius 1 is 1.26 bits per heavy atom. The van der Waals surface area contributed by atoms with E-state index in [2.05, 4.69) is 10.5 Å². The smallest absolute Gasteiger partial charge is 0.277 e. The first-order chi connectivity index (χ1) is 11.2. The van der Waals surface area contributed by atoms with Crippen molar-refractivity contribution in [1.82, 2.24) is 5.43 Å². The Labute approximate surface area is 134 Å². The largest absolute Gasteiger partial charge is 0.496 e. The zero-order valence-electron chi connectivity index (χ0n) is 12.5. The van der Waals surface area contributed by atoms with E-state index in [1.54, 1.807) is 37.4 Å². The molecule has 0 spiro atoms. The van der Waals surface area contributed by atoms with E-state index in [0.717, 1.165) is 5.56 Å². The van der Waals surface area contributed by atoms with Crippen molar-refractivity contribution >= 4 is 12.1 Å². The van der Waals surface area contributed by atoms with Gasteiger partial charge < -0.3 is 9.47 Å². The number of ether oxygens (including phenoxy) is 2. The summed E-state index contributed by atoms with van der Waals surface area (Å²) in [5.74, 6) is 0.785. The molecule has 0 aliphatic heterocycles. The lowest BCUT2D eigenvalue weighted by atomic mass is 10.2. The van der Waals surface area contributed by atoms with Crippen LogP contribution in [0.15, 0.2) is 53.6 Å². The number of nitrogens with one attached hydrogen (secondary N) is 1. The second kappa shape index (κ2) is 8.20. The molecule has 2 aromatic rings. The van der Waals surface area contributed by atoms with Gasteiger partial charge in [-0.15, -0.1) is 0 Å². The van der Waals surface area contributed by atoms with Crippen LogP contribution in [0.3, 0.4) is 0 Å². The van der Waals surface area contributed by atoms with E-state index in [1.807, 2.05) is 24.3 Å². The Morgan fingerprint density at radius 3 is 2.70 bits per heavy atom. The zero-order chi connectivity index (χ0) is 16.5. The Kier molecular flexibility index (Phi) is 5.72. The van der Waals surface area contributed by atoms with Gasteiger partial charge in [0.25, 0.3) is 5.91 Å². The molecule has 0 aliphatic rings. The van der Waals surface area contributed by atoms with Gasteiger partial charge in [-0.05, 0) is 36.4 Å². The van der Waals surface area contributed by atoms with E-state index < -0.39 is 0 Å². The summed E-state index contributed by atoms with van der Waals surface area (Å²) in [5.41, 5.74) is 3.66. The first kappa shape index (κ1) is 16.0. The molecule has 0 unspecified atom stereocenters. The second-order valence-electron chi connectivity index (χ2n) is 4.46. The minimum absolute atomic E-state index is 0.171. The summed E-state index contributed by atoms with van der Waals surface area (Å²) in [6.45, 7) is -0.171. The third-order valence-corrected chi connectivity index (χ3v) is 2.89. The lowest BCUT2D eigenvalue weighted by Gasteiger charge is -2.05. The summed E-state index contributed by atoms with van der Waals surface area (Å²) in [4.78, 5) is 11.7. The highest BCUT2D eigenvalue weighted by Crippen LogP contribution is 2.14. The van der Waals surface area contributed by atoms with E-state index in [9.17, 15) is 4.79 Å². The summed E-state index contributed by atoms with van der Waals surface area (Å²) in [7, 11) is 1.57. The summed E-state index contributed by atoms with van der Waals surface area (Å²) >= 11 is 0. The van der Waals surface area contributed by atoms with Crippen LogP contribution in [0.25, 0.3) is 0 Å². The second-order valence-corrected chi connectivity index (χ2v) is 4.46. The topological polar surface area (TPSA) is 83.7 Å². The summed E-state index contributed by atoms with van der Waals surface area (Å²) in [6.07, 6.45) is 1.50. The van der Waals surface area contributed by atoms with Crippen LogP contribution in [-0.2, 0) is 4.79 Å². The van der Waals surface area contributed by atoms with Crippen molar-refractivity contribution in [2.45, 2.75) is 0 Å². The van der Waals surface area contributed by atoms with Crippen LogP contribution in [0.2, 0.25) is 0 Å². The Morgan fingerprint density at radius 2 is 2.00 bits per heavy atom. The van der Waals surface area contributed by atoms with Crippen molar-refractivity contribution in [2.75, 3.05) is 13.7 Å². The van der Waals surface area contributed by atoms with Crippen LogP contribution in [-0.4, -0.2) is 25.8 Å². The van der Waals surface area contributed by atoms with Gasteiger partial charge in [-0.3, -0.25) is 4.79 Å². The fourth-order valence-corrected chi connectivity index (χ4v) is 1.75. The molecular weight excluding hydrogens is 294 g/mol. The SMILES string of the molecule is COc1ccccc1/C=N/NC(=O)COc1ccc(C#N)cc1. The monoisotopic (exact) mass is 309 g/mol. The highest BCUT2D eigenvalue weighted by Gasteiger charge is 2.02. The Bertz CT molecular complexity index is 733. The molecule has 0 aromatic heterocycles. The highest BCUT2D eigenvalue weighted by molar-refractivity contribution is 5.85. The molecule has 0 saturated carbocycles. The van der Waals surface area contributed by atoms with Gasteiger partial charge in [0.05, 0.1) is 25.0 Å². The molecule has 1 N–H and O–H groups in total. The standard InChI is InChI=1S/C17H15N3O3/c1-22-16-5-3-2-4-14(16)11-19-20-17(21)12-23-15-8-6-13(10-18)7-9-15/h2-9,11H,12H2,1H3,(H,20,21)/b19-11+. The van der Waals surface area contributed by atoms with E-state index in [-0.39, 0.29) is 12.5 Å². The van der Waals surface area contributed by atoms with Crippen molar-refractivity contribution < 1.29 is 14.3 Å². The average Bonchev–Trinajstić information content (AvgIpc) is 2.61. The third kappa shape index (κ3) is 4.86. The van der Waals surface area contributed by atoms with Gasteiger partial charge in [-0.25, -0.2) is 5.43 Å². The highest BCUT2D eigenvalue weighted by atomic mass is 16.5. The first-order valence-electron chi connectivity index (χ1n) is 6.81. The Balaban J connectivity index is 1.82. The number of carbonyl (C=O) groups is 1. The molecule has 6 heteroatoms. The summed E-state index contributed by atoms with van der Waals surface area (Å²) in [5, 5.41) is 12.6. The minimum atomic E-state index is -0.388. The number of hydrogen-bond acceptors (Lipinski definition) is 5. The number of nitriles is 1. The molecule has 0 radical (unpaired) electrons. The molecule has 116 valence electrons. The molecule has 23 heavy (non-hydrogen) atoms. The fourth-order valence-electron chi connectivity index (χ4n) is 1.75. The van der Waals surface area contributed by atoms with Crippen LogP contribution in [0.4, 0.5) is 0 Å². The number of amides is 1. The third-order valence-electron chi connectivity index (χ3n) is 2.89. The molecule has 6 nitrogen and oxygen atoms in total. The number of nitrogens with zero attached hydrogens (tertiary/aromatic N) is 2. The number of benzene rings is 2. The van der Waals surface area contributed by atoms with Gasteiger partial charge in [-0.1, -0.05) is 12.1 Å². The molecular formula is C17H15N3O3. The first-order valence-corrected chi connectivity index (χ1v) is 6.81. The molecule has 0 saturated heterocycles. The molecule has 0 bridgehead atoms. The maximum atomic E-state index is 11.7.